The molecule has 210 valence electrons. The molecular formula is C29H26ClF3N2O5. The van der Waals surface area contributed by atoms with Crippen molar-refractivity contribution in [1.82, 2.24) is 4.90 Å². The number of rotatable bonds is 9. The minimum absolute atomic E-state index is 0.138. The van der Waals surface area contributed by atoms with Crippen LogP contribution in [0.25, 0.3) is 11.1 Å². The molecule has 5 rings (SSSR count). The number of methoxy groups -OCH3 is 1. The number of carbonyl (C=O) groups excluding carboxylic acids is 1. The summed E-state index contributed by atoms with van der Waals surface area (Å²) in [5.41, 5.74) is 3.12. The van der Waals surface area contributed by atoms with Crippen molar-refractivity contribution < 1.29 is 37.3 Å². The van der Waals surface area contributed by atoms with E-state index in [0.29, 0.717) is 54.1 Å². The Hall–Kier alpha value is -3.76. The van der Waals surface area contributed by atoms with E-state index in [0.717, 1.165) is 18.2 Å². The van der Waals surface area contributed by atoms with E-state index in [2.05, 4.69) is 5.32 Å². The Morgan fingerprint density at radius 3 is 2.55 bits per heavy atom. The summed E-state index contributed by atoms with van der Waals surface area (Å²) < 4.78 is 57.1. The maximum absolute atomic E-state index is 15.6. The first kappa shape index (κ1) is 27.8. The lowest BCUT2D eigenvalue weighted by atomic mass is 9.96. The number of hydrogen-bond donors (Lipinski definition) is 2. The maximum atomic E-state index is 15.6. The number of nitrogens with zero attached hydrogens (tertiary/aromatic N) is 1. The Labute approximate surface area is 233 Å². The van der Waals surface area contributed by atoms with Gasteiger partial charge < -0.3 is 19.9 Å². The number of carbonyl (C=O) groups is 2. The van der Waals surface area contributed by atoms with E-state index >= 15 is 13.2 Å². The summed E-state index contributed by atoms with van der Waals surface area (Å²) in [4.78, 5) is 23.8. The summed E-state index contributed by atoms with van der Waals surface area (Å²) in [7, 11) is 1.15. The zero-order valence-electron chi connectivity index (χ0n) is 21.5. The molecular weight excluding hydrogens is 549 g/mol. The number of hydrogen-bond acceptors (Lipinski definition) is 5. The van der Waals surface area contributed by atoms with Crippen LogP contribution in [0.5, 0.6) is 11.5 Å². The van der Waals surface area contributed by atoms with Gasteiger partial charge in [0, 0.05) is 18.7 Å². The van der Waals surface area contributed by atoms with Crippen molar-refractivity contribution >= 4 is 29.7 Å². The molecule has 3 aromatic rings. The molecule has 11 heteroatoms. The van der Waals surface area contributed by atoms with E-state index in [1.54, 1.807) is 35.2 Å². The van der Waals surface area contributed by atoms with Crippen LogP contribution in [0.15, 0.2) is 36.4 Å². The van der Waals surface area contributed by atoms with E-state index < -0.39 is 46.9 Å². The highest BCUT2D eigenvalue weighted by molar-refractivity contribution is 6.36. The summed E-state index contributed by atoms with van der Waals surface area (Å²) in [5, 5.41) is 12.1. The Bertz CT molecular complexity index is 1480. The van der Waals surface area contributed by atoms with Gasteiger partial charge in [0.2, 0.25) is 18.0 Å². The number of ether oxygens (including phenoxy) is 2. The van der Waals surface area contributed by atoms with E-state index in [1.807, 2.05) is 6.07 Å². The highest BCUT2D eigenvalue weighted by Crippen LogP contribution is 2.45. The van der Waals surface area contributed by atoms with Gasteiger partial charge in [-0.2, -0.15) is 8.78 Å². The molecule has 40 heavy (non-hydrogen) atoms. The summed E-state index contributed by atoms with van der Waals surface area (Å²) in [6.45, 7) is 0.278. The molecule has 0 spiro atoms. The van der Waals surface area contributed by atoms with Crippen molar-refractivity contribution in [3.63, 3.8) is 0 Å². The van der Waals surface area contributed by atoms with Crippen LogP contribution >= 0.6 is 11.6 Å². The number of carboxylic acids is 1. The topological polar surface area (TPSA) is 88.1 Å². The number of halogens is 4. The van der Waals surface area contributed by atoms with E-state index in [-0.39, 0.29) is 18.7 Å². The number of benzene rings is 3. The Balaban J connectivity index is 1.45. The molecule has 1 amide bonds. The fourth-order valence-corrected chi connectivity index (χ4v) is 5.85. The maximum Gasteiger partial charge on any atom is 0.307 e. The van der Waals surface area contributed by atoms with Gasteiger partial charge in [-0.1, -0.05) is 41.9 Å². The monoisotopic (exact) mass is 574 g/mol. The SMILES string of the molecule is COc1c(F)c(OC2CCc3c(-c4cccc(NC=O)c4Cl)cccc32)c(F)c(F)c1CN1CCC(C(=O)O)C1. The molecule has 1 fully saturated rings. The van der Waals surface area contributed by atoms with Crippen LogP contribution in [0.3, 0.4) is 0 Å². The first-order chi connectivity index (χ1) is 19.2. The van der Waals surface area contributed by atoms with Crippen molar-refractivity contribution in [2.75, 3.05) is 25.5 Å². The van der Waals surface area contributed by atoms with Crippen LogP contribution in [0, 0.1) is 23.4 Å². The Morgan fingerprint density at radius 2 is 1.85 bits per heavy atom. The average Bonchev–Trinajstić information content (AvgIpc) is 3.59. The largest absolute Gasteiger partial charge is 0.493 e. The molecule has 0 aromatic heterocycles. The second-order valence-electron chi connectivity index (χ2n) is 9.79. The van der Waals surface area contributed by atoms with Gasteiger partial charge in [0.15, 0.2) is 17.3 Å². The third kappa shape index (κ3) is 4.97. The van der Waals surface area contributed by atoms with Gasteiger partial charge in [0.05, 0.1) is 29.3 Å². The van der Waals surface area contributed by atoms with E-state index in [4.69, 9.17) is 21.1 Å². The van der Waals surface area contributed by atoms with Gasteiger partial charge in [0.25, 0.3) is 0 Å². The second kappa shape index (κ2) is 11.4. The van der Waals surface area contributed by atoms with Crippen LogP contribution < -0.4 is 14.8 Å². The molecule has 0 radical (unpaired) electrons. The zero-order valence-corrected chi connectivity index (χ0v) is 22.2. The number of carboxylic acid groups (broad SMARTS) is 1. The third-order valence-electron chi connectivity index (χ3n) is 7.52. The van der Waals surface area contributed by atoms with Gasteiger partial charge in [-0.15, -0.1) is 0 Å². The minimum atomic E-state index is -1.47. The molecule has 2 atom stereocenters. The van der Waals surface area contributed by atoms with Gasteiger partial charge in [-0.25, -0.2) is 4.39 Å². The van der Waals surface area contributed by atoms with Crippen LogP contribution in [-0.2, 0) is 22.6 Å². The number of fused-ring (bicyclic) bond motifs is 1. The quantitative estimate of drug-likeness (QED) is 0.242. The number of aliphatic carboxylic acids is 1. The van der Waals surface area contributed by atoms with Crippen LogP contribution in [0.2, 0.25) is 5.02 Å². The van der Waals surface area contributed by atoms with Crippen molar-refractivity contribution in [1.29, 1.82) is 0 Å². The van der Waals surface area contributed by atoms with Crippen LogP contribution in [0.4, 0.5) is 18.9 Å². The summed E-state index contributed by atoms with van der Waals surface area (Å²) in [6, 6.07) is 10.6. The van der Waals surface area contributed by atoms with Crippen molar-refractivity contribution in [2.24, 2.45) is 5.92 Å². The normalized spacial score (nSPS) is 18.4. The van der Waals surface area contributed by atoms with Gasteiger partial charge in [-0.05, 0) is 48.6 Å². The third-order valence-corrected chi connectivity index (χ3v) is 7.92. The fourth-order valence-electron chi connectivity index (χ4n) is 5.57. The number of anilines is 1. The first-order valence-electron chi connectivity index (χ1n) is 12.7. The summed E-state index contributed by atoms with van der Waals surface area (Å²) in [6.07, 6.45) is 1.02. The highest BCUT2D eigenvalue weighted by atomic mass is 35.5. The standard InChI is InChI=1S/C29H26ClF3N2O5/c1-39-27-20(13-35-11-10-15(12-35)29(37)38)24(31)25(32)28(26(27)33)40-22-9-8-17-16(4-2-5-18(17)22)19-6-3-7-21(23(19)30)34-14-36/h2-7,14-15,22H,8-13H2,1H3,(H,34,36)(H,37,38). The molecule has 0 saturated carbocycles. The molecule has 3 aromatic carbocycles. The van der Waals surface area contributed by atoms with Crippen LogP contribution in [-0.4, -0.2) is 42.6 Å². The smallest absolute Gasteiger partial charge is 0.307 e. The van der Waals surface area contributed by atoms with Crippen molar-refractivity contribution in [3.05, 3.63) is 75.6 Å². The van der Waals surface area contributed by atoms with Crippen molar-refractivity contribution in [3.8, 4) is 22.6 Å². The molecule has 1 saturated heterocycles. The fraction of sp³-hybridized carbons (Fsp3) is 0.310. The molecule has 2 unspecified atom stereocenters. The number of nitrogens with one attached hydrogen (secondary N) is 1. The zero-order chi connectivity index (χ0) is 28.6. The molecule has 1 aliphatic heterocycles. The van der Waals surface area contributed by atoms with Crippen LogP contribution in [0.1, 0.15) is 35.6 Å². The number of amides is 1. The van der Waals surface area contributed by atoms with Gasteiger partial charge >= 0.3 is 5.97 Å². The first-order valence-corrected chi connectivity index (χ1v) is 13.1. The lowest BCUT2D eigenvalue weighted by molar-refractivity contribution is -0.141. The van der Waals surface area contributed by atoms with E-state index in [9.17, 15) is 14.7 Å². The molecule has 0 bridgehead atoms. The Kier molecular flexibility index (Phi) is 7.91. The number of likely N-dealkylation sites (tertiary alicyclic amines) is 1. The second-order valence-corrected chi connectivity index (χ2v) is 10.2. The molecule has 1 heterocycles. The predicted molar refractivity (Wildman–Crippen MR) is 142 cm³/mol. The average molecular weight is 575 g/mol. The van der Waals surface area contributed by atoms with Crippen molar-refractivity contribution in [2.45, 2.75) is 31.9 Å². The Morgan fingerprint density at radius 1 is 1.10 bits per heavy atom. The lowest BCUT2D eigenvalue weighted by Crippen LogP contribution is -2.24. The molecule has 7 nitrogen and oxygen atoms in total. The lowest BCUT2D eigenvalue weighted by Gasteiger charge is -2.22. The minimum Gasteiger partial charge on any atom is -0.493 e. The van der Waals surface area contributed by atoms with Gasteiger partial charge in [0.1, 0.15) is 6.10 Å². The summed E-state index contributed by atoms with van der Waals surface area (Å²) >= 11 is 6.54. The molecule has 1 aliphatic carbocycles. The molecule has 2 aliphatic rings. The van der Waals surface area contributed by atoms with Gasteiger partial charge in [-0.3, -0.25) is 14.5 Å². The highest BCUT2D eigenvalue weighted by Gasteiger charge is 2.35. The predicted octanol–water partition coefficient (Wildman–Crippen LogP) is 5.97. The van der Waals surface area contributed by atoms with E-state index in [1.165, 1.54) is 0 Å². The summed E-state index contributed by atoms with van der Waals surface area (Å²) in [5.74, 6) is -6.88. The molecule has 2 N–H and O–H groups in total.